The minimum Gasteiger partial charge on any atom is -0.384 e. The summed E-state index contributed by atoms with van der Waals surface area (Å²) in [5.41, 5.74) is 6.16. The molecule has 0 amide bonds. The predicted octanol–water partition coefficient (Wildman–Crippen LogP) is 1.53. The van der Waals surface area contributed by atoms with Gasteiger partial charge < -0.3 is 5.73 Å². The quantitative estimate of drug-likeness (QED) is 0.296. The number of aliphatic imine (C=N–C) groups is 1. The average molecular weight is 305 g/mol. The molecule has 2 N–H and O–H groups in total. The summed E-state index contributed by atoms with van der Waals surface area (Å²) in [6.45, 7) is 0. The minimum atomic E-state index is -0.450. The highest BCUT2D eigenvalue weighted by molar-refractivity contribution is 14.1. The monoisotopic (exact) mass is 305 g/mol. The number of halogens is 1. The van der Waals surface area contributed by atoms with Crippen LogP contribution in [0.1, 0.15) is 5.56 Å². The van der Waals surface area contributed by atoms with Crippen LogP contribution in [0.15, 0.2) is 23.2 Å². The van der Waals surface area contributed by atoms with Gasteiger partial charge in [0.2, 0.25) is 0 Å². The largest absolute Gasteiger partial charge is 0.384 e. The normalized spacial score (nSPS) is 11.4. The van der Waals surface area contributed by atoms with Gasteiger partial charge in [-0.05, 0) is 28.7 Å². The minimum absolute atomic E-state index is 0.0264. The Morgan fingerprint density at radius 1 is 1.57 bits per heavy atom. The predicted molar refractivity (Wildman–Crippen MR) is 62.5 cm³/mol. The molecule has 0 spiro atoms. The molecule has 0 unspecified atom stereocenters. The molecule has 0 heterocycles. The highest BCUT2D eigenvalue weighted by atomic mass is 127. The zero-order valence-corrected chi connectivity index (χ0v) is 9.56. The summed E-state index contributed by atoms with van der Waals surface area (Å²) >= 11 is 2.00. The molecule has 0 aliphatic rings. The molecule has 14 heavy (non-hydrogen) atoms. The second-order valence-corrected chi connectivity index (χ2v) is 3.81. The van der Waals surface area contributed by atoms with Crippen LogP contribution < -0.4 is 5.73 Å². The number of benzene rings is 1. The molecule has 0 atom stereocenters. The molecule has 1 aromatic carbocycles. The number of hydrogen-bond acceptors (Lipinski definition) is 3. The van der Waals surface area contributed by atoms with Crippen LogP contribution in [0.2, 0.25) is 0 Å². The van der Waals surface area contributed by atoms with Gasteiger partial charge in [-0.15, -0.1) is 0 Å². The molecule has 0 fully saturated rings. The maximum absolute atomic E-state index is 10.5. The lowest BCUT2D eigenvalue weighted by atomic mass is 10.2. The lowest BCUT2D eigenvalue weighted by Crippen LogP contribution is -2.13. The molecule has 0 radical (unpaired) electrons. The van der Waals surface area contributed by atoms with Crippen LogP contribution in [0.3, 0.4) is 0 Å². The summed E-state index contributed by atoms with van der Waals surface area (Å²) < 4.78 is 0.762. The molecule has 0 aliphatic heterocycles. The number of hydrogen-bond donors (Lipinski definition) is 1. The Morgan fingerprint density at radius 2 is 2.21 bits per heavy atom. The zero-order chi connectivity index (χ0) is 10.7. The van der Waals surface area contributed by atoms with Crippen molar-refractivity contribution >= 4 is 34.1 Å². The van der Waals surface area contributed by atoms with Gasteiger partial charge in [-0.2, -0.15) is 0 Å². The van der Waals surface area contributed by atoms with E-state index < -0.39 is 4.92 Å². The van der Waals surface area contributed by atoms with Crippen molar-refractivity contribution < 1.29 is 4.92 Å². The Kier molecular flexibility index (Phi) is 3.39. The average Bonchev–Trinajstić information content (AvgIpc) is 2.15. The summed E-state index contributed by atoms with van der Waals surface area (Å²) in [6.07, 6.45) is 0. The van der Waals surface area contributed by atoms with Gasteiger partial charge in [-0.1, -0.05) is 0 Å². The second-order valence-electron chi connectivity index (χ2n) is 2.56. The summed E-state index contributed by atoms with van der Waals surface area (Å²) in [5, 5.41) is 10.5. The van der Waals surface area contributed by atoms with Crippen LogP contribution in [-0.4, -0.2) is 17.8 Å². The van der Waals surface area contributed by atoms with Gasteiger partial charge in [0.25, 0.3) is 5.69 Å². The van der Waals surface area contributed by atoms with E-state index in [4.69, 9.17) is 5.73 Å². The number of rotatable bonds is 2. The summed E-state index contributed by atoms with van der Waals surface area (Å²) in [4.78, 5) is 13.9. The Hall–Kier alpha value is -1.18. The molecule has 0 saturated carbocycles. The van der Waals surface area contributed by atoms with Crippen molar-refractivity contribution in [1.29, 1.82) is 0 Å². The Morgan fingerprint density at radius 3 is 2.71 bits per heavy atom. The fraction of sp³-hybridized carbons (Fsp3) is 0.125. The van der Waals surface area contributed by atoms with Gasteiger partial charge in [-0.25, -0.2) is 0 Å². The Labute approximate surface area is 94.3 Å². The second kappa shape index (κ2) is 4.36. The van der Waals surface area contributed by atoms with Gasteiger partial charge in [0.1, 0.15) is 5.84 Å². The maximum Gasteiger partial charge on any atom is 0.271 e. The molecular weight excluding hydrogens is 297 g/mol. The van der Waals surface area contributed by atoms with Crippen molar-refractivity contribution in [3.8, 4) is 0 Å². The van der Waals surface area contributed by atoms with Crippen LogP contribution in [0, 0.1) is 13.7 Å². The highest BCUT2D eigenvalue weighted by Gasteiger charge is 2.09. The molecule has 1 aromatic rings. The van der Waals surface area contributed by atoms with E-state index in [0.717, 1.165) is 3.57 Å². The van der Waals surface area contributed by atoms with E-state index in [1.165, 1.54) is 12.1 Å². The van der Waals surface area contributed by atoms with E-state index in [2.05, 4.69) is 4.99 Å². The van der Waals surface area contributed by atoms with Crippen LogP contribution in [0.5, 0.6) is 0 Å². The third-order valence-corrected chi connectivity index (χ3v) is 2.25. The van der Waals surface area contributed by atoms with Gasteiger partial charge in [0.05, 0.1) is 4.92 Å². The van der Waals surface area contributed by atoms with Crippen molar-refractivity contribution in [1.82, 2.24) is 0 Å². The van der Waals surface area contributed by atoms with E-state index in [9.17, 15) is 10.1 Å². The Bertz CT molecular complexity index is 404. The lowest BCUT2D eigenvalue weighted by molar-refractivity contribution is -0.385. The number of nitrogens with zero attached hydrogens (tertiary/aromatic N) is 2. The molecule has 0 bridgehead atoms. The first-order chi connectivity index (χ1) is 6.54. The molecule has 74 valence electrons. The van der Waals surface area contributed by atoms with Gasteiger partial charge in [-0.3, -0.25) is 15.1 Å². The van der Waals surface area contributed by atoms with E-state index in [1.54, 1.807) is 13.1 Å². The third-order valence-electron chi connectivity index (χ3n) is 1.63. The van der Waals surface area contributed by atoms with Crippen LogP contribution in [0.4, 0.5) is 5.69 Å². The fourth-order valence-corrected chi connectivity index (χ4v) is 1.61. The van der Waals surface area contributed by atoms with E-state index in [0.29, 0.717) is 11.4 Å². The molecule has 1 rings (SSSR count). The molecule has 0 saturated heterocycles. The number of nitrogens with two attached hydrogens (primary N) is 1. The molecular formula is C8H8IN3O2. The van der Waals surface area contributed by atoms with Gasteiger partial charge in [0, 0.05) is 28.3 Å². The van der Waals surface area contributed by atoms with Gasteiger partial charge >= 0.3 is 0 Å². The van der Waals surface area contributed by atoms with E-state index in [-0.39, 0.29) is 5.69 Å². The smallest absolute Gasteiger partial charge is 0.271 e. The molecule has 0 aliphatic carbocycles. The summed E-state index contributed by atoms with van der Waals surface area (Å²) in [7, 11) is 1.54. The lowest BCUT2D eigenvalue weighted by Gasteiger charge is -2.00. The molecule has 6 heteroatoms. The standard InChI is InChI=1S/C8H8IN3O2/c1-11-8(10)5-2-6(9)4-7(3-5)12(13)14/h2-4H,1H3,(H2,10,11). The zero-order valence-electron chi connectivity index (χ0n) is 7.40. The summed E-state index contributed by atoms with van der Waals surface area (Å²) in [5.74, 6) is 0.298. The van der Waals surface area contributed by atoms with Crippen molar-refractivity contribution in [3.05, 3.63) is 37.4 Å². The van der Waals surface area contributed by atoms with Crippen LogP contribution in [-0.2, 0) is 0 Å². The Balaban J connectivity index is 3.27. The SMILES string of the molecule is CN=C(N)c1cc(I)cc([N+](=O)[O-])c1. The highest BCUT2D eigenvalue weighted by Crippen LogP contribution is 2.18. The van der Waals surface area contributed by atoms with Crippen molar-refractivity contribution in [3.63, 3.8) is 0 Å². The molecule has 5 nitrogen and oxygen atoms in total. The molecule has 0 aromatic heterocycles. The van der Waals surface area contributed by atoms with Gasteiger partial charge in [0.15, 0.2) is 0 Å². The van der Waals surface area contributed by atoms with Crippen molar-refractivity contribution in [2.45, 2.75) is 0 Å². The number of non-ortho nitro benzene ring substituents is 1. The first-order valence-electron chi connectivity index (χ1n) is 3.72. The first kappa shape index (κ1) is 10.9. The van der Waals surface area contributed by atoms with Crippen molar-refractivity contribution in [2.75, 3.05) is 7.05 Å². The topological polar surface area (TPSA) is 81.5 Å². The van der Waals surface area contributed by atoms with E-state index >= 15 is 0 Å². The number of amidine groups is 1. The van der Waals surface area contributed by atoms with Crippen LogP contribution in [0.25, 0.3) is 0 Å². The van der Waals surface area contributed by atoms with Crippen LogP contribution >= 0.6 is 22.6 Å². The number of nitro groups is 1. The first-order valence-corrected chi connectivity index (χ1v) is 4.80. The summed E-state index contributed by atoms with van der Waals surface area (Å²) in [6, 6.07) is 4.63. The third kappa shape index (κ3) is 2.41. The number of nitro benzene ring substituents is 1. The van der Waals surface area contributed by atoms with E-state index in [1.807, 2.05) is 22.6 Å². The fourth-order valence-electron chi connectivity index (χ4n) is 0.957. The van der Waals surface area contributed by atoms with Crippen molar-refractivity contribution in [2.24, 2.45) is 10.7 Å². The maximum atomic E-state index is 10.5.